The molecule has 0 aromatic heterocycles. The summed E-state index contributed by atoms with van der Waals surface area (Å²) in [6.07, 6.45) is -4.81. The van der Waals surface area contributed by atoms with E-state index in [-0.39, 0.29) is 25.4 Å². The van der Waals surface area contributed by atoms with Crippen LogP contribution in [-0.2, 0) is 16.8 Å². The van der Waals surface area contributed by atoms with Crippen LogP contribution in [-0.4, -0.2) is 25.3 Å². The van der Waals surface area contributed by atoms with Crippen LogP contribution in [0.1, 0.15) is 17.5 Å². The van der Waals surface area contributed by atoms with E-state index < -0.39 is 24.1 Å². The highest BCUT2D eigenvalue weighted by Crippen LogP contribution is 2.61. The third kappa shape index (κ3) is 4.79. The van der Waals surface area contributed by atoms with Gasteiger partial charge in [-0.15, -0.1) is 0 Å². The van der Waals surface area contributed by atoms with Gasteiger partial charge in [0.2, 0.25) is 0 Å². The number of hydrogen-bond acceptors (Lipinski definition) is 2. The van der Waals surface area contributed by atoms with Crippen molar-refractivity contribution in [3.8, 4) is 5.75 Å². The zero-order valence-electron chi connectivity index (χ0n) is 14.0. The Morgan fingerprint density at radius 3 is 2.26 bits per heavy atom. The molecule has 0 heterocycles. The second kappa shape index (κ2) is 7.39. The van der Waals surface area contributed by atoms with E-state index in [9.17, 15) is 22.0 Å². The van der Waals surface area contributed by atoms with Crippen LogP contribution in [0.25, 0.3) is 0 Å². The predicted octanol–water partition coefficient (Wildman–Crippen LogP) is 5.88. The van der Waals surface area contributed by atoms with Crippen LogP contribution in [0.15, 0.2) is 53.0 Å². The summed E-state index contributed by atoms with van der Waals surface area (Å²) in [6, 6.07) is 12.6. The molecule has 0 saturated heterocycles. The highest BCUT2D eigenvalue weighted by atomic mass is 79.9. The lowest BCUT2D eigenvalue weighted by molar-refractivity contribution is -0.153. The average molecular weight is 451 g/mol. The van der Waals surface area contributed by atoms with Gasteiger partial charge in [0.25, 0.3) is 5.92 Å². The van der Waals surface area contributed by atoms with Gasteiger partial charge in [0.15, 0.2) is 6.61 Å². The number of benzene rings is 2. The molecule has 0 amide bonds. The van der Waals surface area contributed by atoms with Crippen LogP contribution in [0.2, 0.25) is 0 Å². The maximum Gasteiger partial charge on any atom is 0.422 e. The Kier molecular flexibility index (Phi) is 5.49. The second-order valence-corrected chi connectivity index (χ2v) is 7.43. The Hall–Kier alpha value is -1.67. The van der Waals surface area contributed by atoms with Crippen molar-refractivity contribution in [2.45, 2.75) is 30.5 Å². The molecule has 146 valence electrons. The molecule has 0 N–H and O–H groups in total. The number of halogens is 6. The van der Waals surface area contributed by atoms with E-state index in [0.717, 1.165) is 10.0 Å². The van der Waals surface area contributed by atoms with Crippen molar-refractivity contribution in [2.24, 2.45) is 0 Å². The minimum absolute atomic E-state index is 0.0229. The van der Waals surface area contributed by atoms with Crippen molar-refractivity contribution in [1.82, 2.24) is 0 Å². The lowest BCUT2D eigenvalue weighted by Gasteiger charge is -2.18. The highest BCUT2D eigenvalue weighted by Gasteiger charge is 2.72. The van der Waals surface area contributed by atoms with Crippen LogP contribution in [0.4, 0.5) is 22.0 Å². The average Bonchev–Trinajstić information content (AvgIpc) is 3.15. The molecule has 1 fully saturated rings. The van der Waals surface area contributed by atoms with Crippen LogP contribution < -0.4 is 4.74 Å². The van der Waals surface area contributed by atoms with Gasteiger partial charge >= 0.3 is 6.18 Å². The first-order chi connectivity index (χ1) is 12.6. The minimum Gasteiger partial charge on any atom is -0.484 e. The van der Waals surface area contributed by atoms with Gasteiger partial charge in [0.1, 0.15) is 5.75 Å². The molecule has 2 nitrogen and oxygen atoms in total. The Balaban J connectivity index is 1.64. The minimum atomic E-state index is -4.45. The molecule has 1 saturated carbocycles. The van der Waals surface area contributed by atoms with Crippen molar-refractivity contribution in [1.29, 1.82) is 0 Å². The Labute approximate surface area is 161 Å². The second-order valence-electron chi connectivity index (χ2n) is 6.51. The molecule has 1 aliphatic rings. The van der Waals surface area contributed by atoms with Crippen molar-refractivity contribution < 1.29 is 31.4 Å². The van der Waals surface area contributed by atoms with Crippen LogP contribution in [0.5, 0.6) is 5.75 Å². The van der Waals surface area contributed by atoms with Gasteiger partial charge in [-0.3, -0.25) is 0 Å². The molecular formula is C19H16BrF5O2. The Bertz CT molecular complexity index is 791. The topological polar surface area (TPSA) is 18.5 Å². The molecule has 27 heavy (non-hydrogen) atoms. The number of hydrogen-bond donors (Lipinski definition) is 0. The van der Waals surface area contributed by atoms with Crippen LogP contribution >= 0.6 is 15.9 Å². The summed E-state index contributed by atoms with van der Waals surface area (Å²) >= 11 is 3.33. The van der Waals surface area contributed by atoms with Crippen molar-refractivity contribution in [3.63, 3.8) is 0 Å². The molecule has 0 radical (unpaired) electrons. The van der Waals surface area contributed by atoms with Crippen LogP contribution in [0, 0.1) is 0 Å². The lowest BCUT2D eigenvalue weighted by Crippen LogP contribution is -2.23. The zero-order chi connectivity index (χ0) is 19.7. The summed E-state index contributed by atoms with van der Waals surface area (Å²) in [7, 11) is 0. The van der Waals surface area contributed by atoms with Gasteiger partial charge in [-0.05, 0) is 35.4 Å². The van der Waals surface area contributed by atoms with E-state index in [1.165, 1.54) is 24.3 Å². The van der Waals surface area contributed by atoms with E-state index in [0.29, 0.717) is 5.56 Å². The molecule has 8 heteroatoms. The van der Waals surface area contributed by atoms with E-state index in [1.54, 1.807) is 0 Å². The fourth-order valence-electron chi connectivity index (χ4n) is 2.89. The summed E-state index contributed by atoms with van der Waals surface area (Å²) in [4.78, 5) is 0. The van der Waals surface area contributed by atoms with Crippen molar-refractivity contribution in [2.75, 3.05) is 13.2 Å². The van der Waals surface area contributed by atoms with Crippen LogP contribution in [0.3, 0.4) is 0 Å². The number of rotatable bonds is 7. The van der Waals surface area contributed by atoms with E-state index in [1.807, 2.05) is 24.3 Å². The zero-order valence-corrected chi connectivity index (χ0v) is 15.6. The molecule has 1 unspecified atom stereocenters. The maximum absolute atomic E-state index is 14.1. The summed E-state index contributed by atoms with van der Waals surface area (Å²) in [5.41, 5.74) is -0.290. The van der Waals surface area contributed by atoms with Gasteiger partial charge in [-0.2, -0.15) is 13.2 Å². The molecule has 2 aromatic carbocycles. The first-order valence-corrected chi connectivity index (χ1v) is 8.91. The smallest absolute Gasteiger partial charge is 0.422 e. The lowest BCUT2D eigenvalue weighted by atomic mass is 9.96. The molecule has 2 aromatic rings. The quantitative estimate of drug-likeness (QED) is 0.490. The first-order valence-electron chi connectivity index (χ1n) is 8.11. The molecule has 0 bridgehead atoms. The summed E-state index contributed by atoms with van der Waals surface area (Å²) in [6.45, 7) is -1.43. The fourth-order valence-corrected chi connectivity index (χ4v) is 3.34. The Morgan fingerprint density at radius 1 is 1.04 bits per heavy atom. The van der Waals surface area contributed by atoms with Crippen molar-refractivity contribution >= 4 is 15.9 Å². The van der Waals surface area contributed by atoms with Gasteiger partial charge in [-0.25, -0.2) is 8.78 Å². The monoisotopic (exact) mass is 450 g/mol. The highest BCUT2D eigenvalue weighted by molar-refractivity contribution is 9.10. The Morgan fingerprint density at radius 2 is 1.70 bits per heavy atom. The molecule has 1 atom stereocenters. The van der Waals surface area contributed by atoms with Crippen molar-refractivity contribution in [3.05, 3.63) is 64.1 Å². The SMILES string of the molecule is FC(F)(F)COc1ccc(C2(COCc3cccc(Br)c3)CC2(F)F)cc1. The number of alkyl halides is 5. The van der Waals surface area contributed by atoms with Gasteiger partial charge in [0.05, 0.1) is 18.6 Å². The molecule has 0 aliphatic heterocycles. The number of ether oxygens (including phenoxy) is 2. The van der Waals surface area contributed by atoms with Gasteiger partial charge < -0.3 is 9.47 Å². The maximum atomic E-state index is 14.1. The third-order valence-electron chi connectivity index (χ3n) is 4.41. The fraction of sp³-hybridized carbons (Fsp3) is 0.368. The third-order valence-corrected chi connectivity index (χ3v) is 4.91. The summed E-state index contributed by atoms with van der Waals surface area (Å²) < 4.78 is 75.7. The normalized spacial score (nSPS) is 21.1. The predicted molar refractivity (Wildman–Crippen MR) is 93.0 cm³/mol. The summed E-state index contributed by atoms with van der Waals surface area (Å²) in [5, 5.41) is 0. The molecule has 0 spiro atoms. The van der Waals surface area contributed by atoms with E-state index in [2.05, 4.69) is 20.7 Å². The van der Waals surface area contributed by atoms with Gasteiger partial charge in [0, 0.05) is 10.9 Å². The van der Waals surface area contributed by atoms with E-state index >= 15 is 0 Å². The molecule has 1 aliphatic carbocycles. The van der Waals surface area contributed by atoms with Gasteiger partial charge in [-0.1, -0.05) is 40.2 Å². The molecular weight excluding hydrogens is 435 g/mol. The standard InChI is InChI=1S/C19H16BrF5O2/c20-15-3-1-2-13(8-15)9-26-11-17(10-18(17,21)22)14-4-6-16(7-5-14)27-12-19(23,24)25/h1-8H,9-12H2. The largest absolute Gasteiger partial charge is 0.484 e. The van der Waals surface area contributed by atoms with E-state index in [4.69, 9.17) is 4.74 Å². The molecule has 3 rings (SSSR count). The first kappa shape index (κ1) is 20.1. The summed E-state index contributed by atoms with van der Waals surface area (Å²) in [5.74, 6) is -2.94.